The van der Waals surface area contributed by atoms with E-state index in [2.05, 4.69) is 15.6 Å². The minimum Gasteiger partial charge on any atom is -0.357 e. The van der Waals surface area contributed by atoms with E-state index >= 15 is 0 Å². The lowest BCUT2D eigenvalue weighted by molar-refractivity contribution is 0.410. The molecule has 0 aromatic carbocycles. The lowest BCUT2D eigenvalue weighted by Gasteiger charge is -2.24. The molecule has 1 fully saturated rings. The van der Waals surface area contributed by atoms with Gasteiger partial charge in [-0.2, -0.15) is 0 Å². The number of nitrogens with zero attached hydrogens (tertiary/aromatic N) is 1. The zero-order valence-corrected chi connectivity index (χ0v) is 15.7. The monoisotopic (exact) mass is 417 g/mol. The topological polar surface area (TPSA) is 70.6 Å². The van der Waals surface area contributed by atoms with Gasteiger partial charge >= 0.3 is 0 Å². The van der Waals surface area contributed by atoms with E-state index in [4.69, 9.17) is 0 Å². The molecule has 0 saturated heterocycles. The van der Waals surface area contributed by atoms with Gasteiger partial charge in [0.1, 0.15) is 0 Å². The molecule has 1 rings (SSSR count). The zero-order chi connectivity index (χ0) is 14.1. The second-order valence-electron chi connectivity index (χ2n) is 4.98. The standard InChI is InChI=1S/C13H27N3O2S.HI/c1-3-14-13(15-10-11-19(17,18)4-2)16-12-8-6-5-7-9-12;/h12H,3-11H2,1-2H3,(H2,14,15,16);1H. The Morgan fingerprint density at radius 1 is 1.20 bits per heavy atom. The lowest BCUT2D eigenvalue weighted by atomic mass is 9.96. The zero-order valence-electron chi connectivity index (χ0n) is 12.5. The highest BCUT2D eigenvalue weighted by atomic mass is 127. The Labute approximate surface area is 140 Å². The number of sulfone groups is 1. The van der Waals surface area contributed by atoms with Crippen LogP contribution in [-0.2, 0) is 9.84 Å². The maximum Gasteiger partial charge on any atom is 0.191 e. The van der Waals surface area contributed by atoms with E-state index in [1.165, 1.54) is 32.1 Å². The predicted octanol–water partition coefficient (Wildman–Crippen LogP) is 1.93. The van der Waals surface area contributed by atoms with Crippen molar-refractivity contribution in [3.63, 3.8) is 0 Å². The minimum atomic E-state index is -2.93. The van der Waals surface area contributed by atoms with E-state index in [0.29, 0.717) is 12.6 Å². The molecule has 0 radical (unpaired) electrons. The largest absolute Gasteiger partial charge is 0.357 e. The van der Waals surface area contributed by atoms with Crippen molar-refractivity contribution in [2.45, 2.75) is 52.0 Å². The van der Waals surface area contributed by atoms with E-state index < -0.39 is 9.84 Å². The number of hydrogen-bond donors (Lipinski definition) is 2. The Kier molecular flexibility index (Phi) is 10.6. The fourth-order valence-electron chi connectivity index (χ4n) is 2.20. The van der Waals surface area contributed by atoms with Gasteiger partial charge in [0.15, 0.2) is 15.8 Å². The maximum absolute atomic E-state index is 11.4. The number of nitrogens with one attached hydrogen (secondary N) is 2. The number of aliphatic imine (C=N–C) groups is 1. The van der Waals surface area contributed by atoms with E-state index in [1.807, 2.05) is 6.92 Å². The minimum absolute atomic E-state index is 0. The Balaban J connectivity index is 0.00000361. The van der Waals surface area contributed by atoms with Gasteiger partial charge in [-0.15, -0.1) is 24.0 Å². The summed E-state index contributed by atoms with van der Waals surface area (Å²) in [7, 11) is -2.93. The number of halogens is 1. The summed E-state index contributed by atoms with van der Waals surface area (Å²) in [4.78, 5) is 4.36. The van der Waals surface area contributed by atoms with Gasteiger partial charge in [0.05, 0.1) is 12.3 Å². The fourth-order valence-corrected chi connectivity index (χ4v) is 2.86. The molecular formula is C13H28IN3O2S. The van der Waals surface area contributed by atoms with Gasteiger partial charge in [0.2, 0.25) is 0 Å². The third-order valence-electron chi connectivity index (χ3n) is 3.40. The molecule has 0 spiro atoms. The Bertz CT molecular complexity index is 379. The van der Waals surface area contributed by atoms with Crippen LogP contribution >= 0.6 is 24.0 Å². The summed E-state index contributed by atoms with van der Waals surface area (Å²) in [5.74, 6) is 1.07. The van der Waals surface area contributed by atoms with Gasteiger partial charge in [-0.25, -0.2) is 8.42 Å². The number of rotatable bonds is 6. The molecule has 1 saturated carbocycles. The molecule has 0 unspecified atom stereocenters. The molecule has 1 aliphatic carbocycles. The average Bonchev–Trinajstić information content (AvgIpc) is 2.40. The first kappa shape index (κ1) is 19.9. The van der Waals surface area contributed by atoms with Crippen molar-refractivity contribution in [3.05, 3.63) is 0 Å². The van der Waals surface area contributed by atoms with Crippen LogP contribution in [0.2, 0.25) is 0 Å². The second kappa shape index (κ2) is 10.6. The van der Waals surface area contributed by atoms with Crippen LogP contribution in [0.4, 0.5) is 0 Å². The first-order valence-electron chi connectivity index (χ1n) is 7.32. The van der Waals surface area contributed by atoms with Crippen molar-refractivity contribution in [1.82, 2.24) is 10.6 Å². The molecular weight excluding hydrogens is 389 g/mol. The molecule has 0 aliphatic heterocycles. The molecule has 20 heavy (non-hydrogen) atoms. The fraction of sp³-hybridized carbons (Fsp3) is 0.923. The molecule has 7 heteroatoms. The molecule has 0 atom stereocenters. The van der Waals surface area contributed by atoms with E-state index in [9.17, 15) is 8.42 Å². The number of guanidine groups is 1. The van der Waals surface area contributed by atoms with Crippen LogP contribution in [0, 0.1) is 0 Å². The predicted molar refractivity (Wildman–Crippen MR) is 95.7 cm³/mol. The van der Waals surface area contributed by atoms with E-state index in [-0.39, 0.29) is 35.5 Å². The van der Waals surface area contributed by atoms with Crippen LogP contribution in [-0.4, -0.2) is 45.0 Å². The van der Waals surface area contributed by atoms with Crippen molar-refractivity contribution in [2.24, 2.45) is 4.99 Å². The van der Waals surface area contributed by atoms with Crippen LogP contribution in [0.3, 0.4) is 0 Å². The summed E-state index contributed by atoms with van der Waals surface area (Å²) in [6, 6.07) is 0.481. The van der Waals surface area contributed by atoms with Gasteiger partial charge in [-0.1, -0.05) is 26.2 Å². The highest BCUT2D eigenvalue weighted by Gasteiger charge is 2.14. The van der Waals surface area contributed by atoms with Gasteiger partial charge in [-0.3, -0.25) is 4.99 Å². The molecule has 1 aliphatic rings. The maximum atomic E-state index is 11.4. The van der Waals surface area contributed by atoms with E-state index in [0.717, 1.165) is 12.5 Å². The third-order valence-corrected chi connectivity index (χ3v) is 5.09. The van der Waals surface area contributed by atoms with Crippen molar-refractivity contribution < 1.29 is 8.42 Å². The molecule has 2 N–H and O–H groups in total. The highest BCUT2D eigenvalue weighted by Crippen LogP contribution is 2.17. The molecule has 5 nitrogen and oxygen atoms in total. The third kappa shape index (κ3) is 8.28. The van der Waals surface area contributed by atoms with Crippen molar-refractivity contribution >= 4 is 39.8 Å². The Hall–Kier alpha value is -0.0500. The quantitative estimate of drug-likeness (QED) is 0.394. The summed E-state index contributed by atoms with van der Waals surface area (Å²) in [5.41, 5.74) is 0. The van der Waals surface area contributed by atoms with Gasteiger partial charge in [0.25, 0.3) is 0 Å². The molecule has 0 bridgehead atoms. The highest BCUT2D eigenvalue weighted by molar-refractivity contribution is 14.0. The smallest absolute Gasteiger partial charge is 0.191 e. The van der Waals surface area contributed by atoms with Crippen LogP contribution in [0.25, 0.3) is 0 Å². The Morgan fingerprint density at radius 2 is 1.85 bits per heavy atom. The van der Waals surface area contributed by atoms with Crippen LogP contribution in [0.15, 0.2) is 4.99 Å². The first-order valence-corrected chi connectivity index (χ1v) is 9.14. The SMILES string of the molecule is CCNC(=NCCS(=O)(=O)CC)NC1CCCCC1.I. The first-order chi connectivity index (χ1) is 9.07. The molecule has 120 valence electrons. The molecule has 0 aromatic rings. The normalized spacial score (nSPS) is 17.4. The summed E-state index contributed by atoms with van der Waals surface area (Å²) in [6.07, 6.45) is 6.21. The van der Waals surface area contributed by atoms with Crippen molar-refractivity contribution in [1.29, 1.82) is 0 Å². The molecule has 0 amide bonds. The van der Waals surface area contributed by atoms with Gasteiger partial charge < -0.3 is 10.6 Å². The van der Waals surface area contributed by atoms with Crippen LogP contribution in [0.1, 0.15) is 46.0 Å². The van der Waals surface area contributed by atoms with Gasteiger partial charge in [-0.05, 0) is 19.8 Å². The second-order valence-corrected chi connectivity index (χ2v) is 7.45. The molecule has 0 aromatic heterocycles. The Morgan fingerprint density at radius 3 is 2.40 bits per heavy atom. The summed E-state index contributed by atoms with van der Waals surface area (Å²) < 4.78 is 22.8. The average molecular weight is 417 g/mol. The molecule has 0 heterocycles. The van der Waals surface area contributed by atoms with Crippen molar-refractivity contribution in [3.8, 4) is 0 Å². The summed E-state index contributed by atoms with van der Waals surface area (Å²) >= 11 is 0. The van der Waals surface area contributed by atoms with Crippen LogP contribution < -0.4 is 10.6 Å². The van der Waals surface area contributed by atoms with Gasteiger partial charge in [0, 0.05) is 18.3 Å². The lowest BCUT2D eigenvalue weighted by Crippen LogP contribution is -2.44. The van der Waals surface area contributed by atoms with E-state index in [1.54, 1.807) is 6.92 Å². The summed E-state index contributed by atoms with van der Waals surface area (Å²) in [5, 5.41) is 6.58. The van der Waals surface area contributed by atoms with Crippen molar-refractivity contribution in [2.75, 3.05) is 24.6 Å². The van der Waals surface area contributed by atoms with Crippen LogP contribution in [0.5, 0.6) is 0 Å². The summed E-state index contributed by atoms with van der Waals surface area (Å²) in [6.45, 7) is 4.81. The number of hydrogen-bond acceptors (Lipinski definition) is 3.